The van der Waals surface area contributed by atoms with Crippen molar-refractivity contribution in [3.63, 3.8) is 0 Å². The van der Waals surface area contributed by atoms with E-state index >= 15 is 0 Å². The molecule has 0 saturated heterocycles. The fourth-order valence-electron chi connectivity index (χ4n) is 1.78. The van der Waals surface area contributed by atoms with Crippen LogP contribution in [-0.2, 0) is 10.0 Å². The largest absolute Gasteiger partial charge is 0.506 e. The molecule has 0 radical (unpaired) electrons. The van der Waals surface area contributed by atoms with Gasteiger partial charge in [-0.25, -0.2) is 8.42 Å². The van der Waals surface area contributed by atoms with Crippen LogP contribution in [0.2, 0.25) is 0 Å². The molecule has 112 valence electrons. The summed E-state index contributed by atoms with van der Waals surface area (Å²) in [5.74, 6) is 0.485. The highest BCUT2D eigenvalue weighted by atomic mass is 32.2. The van der Waals surface area contributed by atoms with Gasteiger partial charge >= 0.3 is 0 Å². The first-order valence-electron chi connectivity index (χ1n) is 6.09. The Morgan fingerprint density at radius 2 is 1.90 bits per heavy atom. The molecular formula is C14H16N2O4S. The van der Waals surface area contributed by atoms with Gasteiger partial charge in [-0.3, -0.25) is 4.72 Å². The van der Waals surface area contributed by atoms with Crippen LogP contribution in [0.1, 0.15) is 5.56 Å². The van der Waals surface area contributed by atoms with Crippen LogP contribution in [0.15, 0.2) is 41.3 Å². The Labute approximate surface area is 123 Å². The van der Waals surface area contributed by atoms with Gasteiger partial charge in [0.05, 0.1) is 23.4 Å². The van der Waals surface area contributed by atoms with Crippen LogP contribution in [0.5, 0.6) is 11.5 Å². The minimum Gasteiger partial charge on any atom is -0.506 e. The van der Waals surface area contributed by atoms with E-state index in [0.29, 0.717) is 11.4 Å². The molecule has 0 unspecified atom stereocenters. The molecule has 0 aliphatic carbocycles. The number of methoxy groups -OCH3 is 1. The molecule has 2 rings (SSSR count). The zero-order chi connectivity index (χ0) is 15.6. The molecular weight excluding hydrogens is 292 g/mol. The molecule has 0 saturated carbocycles. The van der Waals surface area contributed by atoms with Gasteiger partial charge in [0.1, 0.15) is 11.5 Å². The summed E-state index contributed by atoms with van der Waals surface area (Å²) in [5, 5.41) is 9.35. The molecule has 0 spiro atoms. The number of aryl methyl sites for hydroxylation is 1. The summed E-state index contributed by atoms with van der Waals surface area (Å²) in [6.07, 6.45) is 0. The average molecular weight is 308 g/mol. The van der Waals surface area contributed by atoms with Gasteiger partial charge < -0.3 is 15.6 Å². The normalized spacial score (nSPS) is 11.1. The Bertz CT molecular complexity index is 773. The van der Waals surface area contributed by atoms with Gasteiger partial charge in [0, 0.05) is 0 Å². The van der Waals surface area contributed by atoms with Crippen molar-refractivity contribution in [2.75, 3.05) is 17.6 Å². The molecule has 6 nitrogen and oxygen atoms in total. The summed E-state index contributed by atoms with van der Waals surface area (Å²) in [4.78, 5) is -0.0204. The van der Waals surface area contributed by atoms with E-state index in [1.165, 1.54) is 25.3 Å². The maximum atomic E-state index is 12.3. The summed E-state index contributed by atoms with van der Waals surface area (Å²) in [6, 6.07) is 8.74. The van der Waals surface area contributed by atoms with Crippen molar-refractivity contribution in [2.24, 2.45) is 0 Å². The number of nitrogens with two attached hydrogens (primary N) is 1. The van der Waals surface area contributed by atoms with Gasteiger partial charge in [-0.1, -0.05) is 0 Å². The topological polar surface area (TPSA) is 102 Å². The number of anilines is 2. The van der Waals surface area contributed by atoms with Crippen molar-refractivity contribution in [2.45, 2.75) is 11.8 Å². The first-order valence-corrected chi connectivity index (χ1v) is 7.58. The standard InChI is InChI=1S/C14H16N2O4S/c1-9-7-10(20-2)3-5-13(9)16-21(18,19)11-4-6-14(17)12(15)8-11/h3-8,16-17H,15H2,1-2H3. The summed E-state index contributed by atoms with van der Waals surface area (Å²) in [6.45, 7) is 1.77. The Morgan fingerprint density at radius 3 is 2.48 bits per heavy atom. The smallest absolute Gasteiger partial charge is 0.261 e. The summed E-state index contributed by atoms with van der Waals surface area (Å²) >= 11 is 0. The minimum atomic E-state index is -3.78. The number of hydrogen-bond acceptors (Lipinski definition) is 5. The first-order chi connectivity index (χ1) is 9.83. The van der Waals surface area contributed by atoms with Crippen molar-refractivity contribution in [1.82, 2.24) is 0 Å². The molecule has 21 heavy (non-hydrogen) atoms. The van der Waals surface area contributed by atoms with Crippen LogP contribution < -0.4 is 15.2 Å². The van der Waals surface area contributed by atoms with Gasteiger partial charge in [0.25, 0.3) is 10.0 Å². The van der Waals surface area contributed by atoms with E-state index in [0.717, 1.165) is 5.56 Å². The number of nitrogens with one attached hydrogen (secondary N) is 1. The van der Waals surface area contributed by atoms with E-state index in [1.54, 1.807) is 25.1 Å². The average Bonchev–Trinajstić information content (AvgIpc) is 2.43. The third-order valence-electron chi connectivity index (χ3n) is 2.99. The third-order valence-corrected chi connectivity index (χ3v) is 4.35. The number of aromatic hydroxyl groups is 1. The zero-order valence-corrected chi connectivity index (χ0v) is 12.4. The number of benzene rings is 2. The van der Waals surface area contributed by atoms with Crippen LogP contribution in [0.4, 0.5) is 11.4 Å². The second-order valence-corrected chi connectivity index (χ2v) is 6.19. The summed E-state index contributed by atoms with van der Waals surface area (Å²) in [5.41, 5.74) is 6.70. The van der Waals surface area contributed by atoms with E-state index in [2.05, 4.69) is 4.72 Å². The molecule has 0 aromatic heterocycles. The fourth-order valence-corrected chi connectivity index (χ4v) is 2.95. The van der Waals surface area contributed by atoms with E-state index in [1.807, 2.05) is 0 Å². The molecule has 0 atom stereocenters. The lowest BCUT2D eigenvalue weighted by Crippen LogP contribution is -2.14. The van der Waals surface area contributed by atoms with Crippen LogP contribution >= 0.6 is 0 Å². The quantitative estimate of drug-likeness (QED) is 0.593. The van der Waals surface area contributed by atoms with E-state index in [-0.39, 0.29) is 16.3 Å². The maximum absolute atomic E-state index is 12.3. The number of phenols is 1. The van der Waals surface area contributed by atoms with Crippen LogP contribution in [0.3, 0.4) is 0 Å². The molecule has 0 aliphatic rings. The Morgan fingerprint density at radius 1 is 1.19 bits per heavy atom. The van der Waals surface area contributed by atoms with Crippen LogP contribution in [0.25, 0.3) is 0 Å². The summed E-state index contributed by atoms with van der Waals surface area (Å²) < 4.78 is 32.1. The third kappa shape index (κ3) is 3.19. The SMILES string of the molecule is COc1ccc(NS(=O)(=O)c2ccc(O)c(N)c2)c(C)c1. The fraction of sp³-hybridized carbons (Fsp3) is 0.143. The molecule has 0 heterocycles. The van der Waals surface area contributed by atoms with Crippen LogP contribution in [-0.4, -0.2) is 20.6 Å². The zero-order valence-electron chi connectivity index (χ0n) is 11.6. The second kappa shape index (κ2) is 5.53. The molecule has 2 aromatic carbocycles. The predicted molar refractivity (Wildman–Crippen MR) is 81.1 cm³/mol. The van der Waals surface area contributed by atoms with Crippen molar-refractivity contribution in [3.8, 4) is 11.5 Å². The lowest BCUT2D eigenvalue weighted by Gasteiger charge is -2.12. The van der Waals surface area contributed by atoms with Gasteiger partial charge in [0.15, 0.2) is 0 Å². The minimum absolute atomic E-state index is 0.00401. The molecule has 0 aliphatic heterocycles. The molecule has 4 N–H and O–H groups in total. The maximum Gasteiger partial charge on any atom is 0.261 e. The van der Waals surface area contributed by atoms with Crippen molar-refractivity contribution < 1.29 is 18.3 Å². The predicted octanol–water partition coefficient (Wildman–Crippen LogP) is 2.09. The van der Waals surface area contributed by atoms with Crippen molar-refractivity contribution in [3.05, 3.63) is 42.0 Å². The summed E-state index contributed by atoms with van der Waals surface area (Å²) in [7, 11) is -2.24. The number of sulfonamides is 1. The van der Waals surface area contributed by atoms with Gasteiger partial charge in [-0.05, 0) is 48.9 Å². The van der Waals surface area contributed by atoms with Gasteiger partial charge in [0.2, 0.25) is 0 Å². The van der Waals surface area contributed by atoms with Gasteiger partial charge in [-0.2, -0.15) is 0 Å². The second-order valence-electron chi connectivity index (χ2n) is 4.51. The molecule has 2 aromatic rings. The lowest BCUT2D eigenvalue weighted by atomic mass is 10.2. The number of ether oxygens (including phenoxy) is 1. The monoisotopic (exact) mass is 308 g/mol. The Balaban J connectivity index is 2.35. The number of hydrogen-bond donors (Lipinski definition) is 3. The van der Waals surface area contributed by atoms with E-state index in [9.17, 15) is 13.5 Å². The number of nitrogen functional groups attached to an aromatic ring is 1. The van der Waals surface area contributed by atoms with Crippen LogP contribution in [0, 0.1) is 6.92 Å². The van der Waals surface area contributed by atoms with Gasteiger partial charge in [-0.15, -0.1) is 0 Å². The Hall–Kier alpha value is -2.41. The molecule has 0 bridgehead atoms. The lowest BCUT2D eigenvalue weighted by molar-refractivity contribution is 0.414. The molecule has 0 amide bonds. The van der Waals surface area contributed by atoms with Crippen molar-refractivity contribution in [1.29, 1.82) is 0 Å². The number of rotatable bonds is 4. The Kier molecular flexibility index (Phi) is 3.95. The number of phenolic OH excluding ortho intramolecular Hbond substituents is 1. The first kappa shape index (κ1) is 15.0. The molecule has 7 heteroatoms. The highest BCUT2D eigenvalue weighted by molar-refractivity contribution is 7.92. The van der Waals surface area contributed by atoms with Crippen molar-refractivity contribution >= 4 is 21.4 Å². The van der Waals surface area contributed by atoms with E-state index < -0.39 is 10.0 Å². The van der Waals surface area contributed by atoms with E-state index in [4.69, 9.17) is 10.5 Å². The highest BCUT2D eigenvalue weighted by Gasteiger charge is 2.16. The highest BCUT2D eigenvalue weighted by Crippen LogP contribution is 2.27. The molecule has 0 fully saturated rings.